The fourth-order valence-corrected chi connectivity index (χ4v) is 13.1. The number of alkyl halides is 3. The number of nitrogens with zero attached hydrogens (tertiary/aromatic N) is 4. The molecule has 1 unspecified atom stereocenters. The number of halogens is 4. The van der Waals surface area contributed by atoms with E-state index in [2.05, 4.69) is 49.3 Å². The van der Waals surface area contributed by atoms with Crippen molar-refractivity contribution in [3.63, 3.8) is 0 Å². The standard InChI is InChI=1S/C51H63ClF3N7O6S3/c1-50(37-61-23-20-56-21-24-61)19-17-46(38-7-11-41(52)12-8-38)40(34-50)35-60-25-27-62(28-26-60)43-13-9-39(10-14-43)49(63)58-71(66,67)45-15-16-47(48(33-45)70(64,65)51(53,54)55)57-42(18-22-59-29-31-68-32-30-59)36-69-44-5-3-2-4-6-44/h2-16,33,42,56-57H,17-32,34-37H2,1H3,(H,58,63)/t42-,50?/m1/s1. The van der Waals surface area contributed by atoms with E-state index in [9.17, 15) is 34.8 Å². The Bertz CT molecular complexity index is 2700. The van der Waals surface area contributed by atoms with Crippen LogP contribution in [0.15, 0.2) is 117 Å². The Kier molecular flexibility index (Phi) is 17.5. The molecular weight excluding hydrogens is 995 g/mol. The fraction of sp³-hybridized carbons (Fsp3) is 0.471. The number of ether oxygens (including phenoxy) is 1. The third-order valence-corrected chi connectivity index (χ3v) is 18.2. The van der Waals surface area contributed by atoms with Crippen molar-refractivity contribution in [2.24, 2.45) is 5.41 Å². The number of rotatable bonds is 18. The molecule has 3 heterocycles. The Morgan fingerprint density at radius 3 is 2.21 bits per heavy atom. The molecule has 4 aromatic rings. The lowest BCUT2D eigenvalue weighted by atomic mass is 9.71. The van der Waals surface area contributed by atoms with Gasteiger partial charge in [-0.25, -0.2) is 21.6 Å². The largest absolute Gasteiger partial charge is 0.501 e. The average Bonchev–Trinajstić information content (AvgIpc) is 3.36. The van der Waals surface area contributed by atoms with Crippen LogP contribution in [0.25, 0.3) is 5.57 Å². The lowest BCUT2D eigenvalue weighted by Gasteiger charge is -2.43. The number of amides is 1. The minimum atomic E-state index is -6.06. The van der Waals surface area contributed by atoms with Crippen molar-refractivity contribution < 1.29 is 39.5 Å². The lowest BCUT2D eigenvalue weighted by molar-refractivity contribution is -0.0435. The number of sulfone groups is 1. The van der Waals surface area contributed by atoms with Gasteiger partial charge in [-0.2, -0.15) is 13.2 Å². The van der Waals surface area contributed by atoms with Crippen LogP contribution in [0.3, 0.4) is 0 Å². The van der Waals surface area contributed by atoms with Crippen molar-refractivity contribution >= 4 is 66.1 Å². The number of hydrogen-bond acceptors (Lipinski definition) is 13. The first-order valence-corrected chi connectivity index (χ1v) is 28.5. The van der Waals surface area contributed by atoms with Crippen LogP contribution in [0.1, 0.15) is 48.5 Å². The maximum absolute atomic E-state index is 14.2. The zero-order chi connectivity index (χ0) is 50.2. The first-order chi connectivity index (χ1) is 33.9. The zero-order valence-electron chi connectivity index (χ0n) is 39.9. The molecule has 0 radical (unpaired) electrons. The SMILES string of the molecule is CC1(CN2CCNCC2)CCC(c2ccc(Cl)cc2)=C(CN2CCN(c3ccc(C(=O)NS(=O)(=O)c4ccc(N[C@H](CCN5CCOCC5)CSc5ccccc5)c(S(=O)(=O)C(F)(F)F)c4)cc3)CC2)C1. The van der Waals surface area contributed by atoms with Gasteiger partial charge in [-0.05, 0) is 109 Å². The van der Waals surface area contributed by atoms with Gasteiger partial charge in [0.2, 0.25) is 0 Å². The molecule has 1 aliphatic carbocycles. The van der Waals surface area contributed by atoms with Crippen molar-refractivity contribution in [1.29, 1.82) is 0 Å². The Labute approximate surface area is 425 Å². The van der Waals surface area contributed by atoms with E-state index in [0.29, 0.717) is 51.1 Å². The van der Waals surface area contributed by atoms with Crippen LogP contribution in [-0.2, 0) is 24.6 Å². The maximum Gasteiger partial charge on any atom is 0.501 e. The Balaban J connectivity index is 0.920. The molecule has 13 nitrogen and oxygen atoms in total. The summed E-state index contributed by atoms with van der Waals surface area (Å²) in [6.07, 6.45) is 3.60. The number of allylic oxidation sites excluding steroid dienone is 1. The highest BCUT2D eigenvalue weighted by atomic mass is 35.5. The van der Waals surface area contributed by atoms with Crippen molar-refractivity contribution in [1.82, 2.24) is 24.7 Å². The monoisotopic (exact) mass is 1060 g/mol. The van der Waals surface area contributed by atoms with Crippen LogP contribution in [0.2, 0.25) is 5.02 Å². The summed E-state index contributed by atoms with van der Waals surface area (Å²) in [7, 11) is -10.9. The number of nitrogens with one attached hydrogen (secondary N) is 3. The molecule has 4 aliphatic rings. The maximum atomic E-state index is 14.2. The van der Waals surface area contributed by atoms with Crippen molar-refractivity contribution in [3.8, 4) is 0 Å². The zero-order valence-corrected chi connectivity index (χ0v) is 43.1. The smallest absolute Gasteiger partial charge is 0.380 e. The van der Waals surface area contributed by atoms with E-state index < -0.39 is 52.8 Å². The van der Waals surface area contributed by atoms with Gasteiger partial charge in [-0.1, -0.05) is 54.4 Å². The van der Waals surface area contributed by atoms with Gasteiger partial charge in [0.1, 0.15) is 4.90 Å². The Hall–Kier alpha value is -4.18. The van der Waals surface area contributed by atoms with Crippen molar-refractivity contribution in [2.75, 3.05) is 114 Å². The third-order valence-electron chi connectivity index (χ3n) is 13.9. The molecular formula is C51H63ClF3N7O6S3. The highest BCUT2D eigenvalue weighted by molar-refractivity contribution is 7.99. The summed E-state index contributed by atoms with van der Waals surface area (Å²) in [6.45, 7) is 14.6. The van der Waals surface area contributed by atoms with E-state index in [1.807, 2.05) is 47.2 Å². The fourth-order valence-electron chi connectivity index (χ4n) is 9.94. The minimum Gasteiger partial charge on any atom is -0.380 e. The third kappa shape index (κ3) is 13.9. The summed E-state index contributed by atoms with van der Waals surface area (Å²) in [5.74, 6) is -0.654. The van der Waals surface area contributed by atoms with Crippen LogP contribution in [-0.4, -0.2) is 153 Å². The molecule has 3 saturated heterocycles. The Morgan fingerprint density at radius 2 is 1.54 bits per heavy atom. The molecule has 71 heavy (non-hydrogen) atoms. The van der Waals surface area contributed by atoms with Gasteiger partial charge in [-0.15, -0.1) is 11.8 Å². The van der Waals surface area contributed by atoms with Crippen LogP contribution in [0, 0.1) is 5.41 Å². The molecule has 3 N–H and O–H groups in total. The van der Waals surface area contributed by atoms with Gasteiger partial charge in [-0.3, -0.25) is 14.6 Å². The van der Waals surface area contributed by atoms with E-state index in [1.165, 1.54) is 40.6 Å². The van der Waals surface area contributed by atoms with E-state index >= 15 is 0 Å². The van der Waals surface area contributed by atoms with E-state index in [0.717, 1.165) is 112 Å². The van der Waals surface area contributed by atoms with Crippen LogP contribution < -0.4 is 20.3 Å². The van der Waals surface area contributed by atoms with Gasteiger partial charge in [0.25, 0.3) is 25.8 Å². The number of benzene rings is 4. The molecule has 4 aromatic carbocycles. The molecule has 0 aromatic heterocycles. The molecule has 3 aliphatic heterocycles. The van der Waals surface area contributed by atoms with Gasteiger partial charge < -0.3 is 25.2 Å². The number of morpholine rings is 1. The lowest BCUT2D eigenvalue weighted by Crippen LogP contribution is -2.49. The second-order valence-electron chi connectivity index (χ2n) is 19.2. The second kappa shape index (κ2) is 23.4. The number of hydrogen-bond donors (Lipinski definition) is 3. The molecule has 0 saturated carbocycles. The van der Waals surface area contributed by atoms with Crippen LogP contribution in [0.4, 0.5) is 24.5 Å². The molecule has 0 bridgehead atoms. The predicted octanol–water partition coefficient (Wildman–Crippen LogP) is 7.72. The van der Waals surface area contributed by atoms with Gasteiger partial charge in [0, 0.05) is 118 Å². The summed E-state index contributed by atoms with van der Waals surface area (Å²) in [6, 6.07) is 26.0. The summed E-state index contributed by atoms with van der Waals surface area (Å²) < 4.78 is 104. The summed E-state index contributed by atoms with van der Waals surface area (Å²) in [5.41, 5.74) is -1.02. The number of carbonyl (C=O) groups excluding carboxylic acids is 1. The quantitative estimate of drug-likeness (QED) is 0.0839. The highest BCUT2D eigenvalue weighted by Gasteiger charge is 2.48. The van der Waals surface area contributed by atoms with Gasteiger partial charge >= 0.3 is 5.51 Å². The molecule has 384 valence electrons. The van der Waals surface area contributed by atoms with Crippen molar-refractivity contribution in [3.05, 3.63) is 119 Å². The summed E-state index contributed by atoms with van der Waals surface area (Å²) >= 11 is 7.74. The van der Waals surface area contributed by atoms with Crippen molar-refractivity contribution in [2.45, 2.75) is 58.8 Å². The van der Waals surface area contributed by atoms with E-state index in [-0.39, 0.29) is 11.0 Å². The molecule has 8 rings (SSSR count). The Morgan fingerprint density at radius 1 is 0.845 bits per heavy atom. The first kappa shape index (κ1) is 53.1. The second-order valence-corrected chi connectivity index (χ2v) is 24.3. The number of sulfonamides is 1. The topological polar surface area (TPSA) is 144 Å². The van der Waals surface area contributed by atoms with E-state index in [1.54, 1.807) is 12.1 Å². The molecule has 1 amide bonds. The molecule has 3 fully saturated rings. The highest BCUT2D eigenvalue weighted by Crippen LogP contribution is 2.44. The molecule has 20 heteroatoms. The van der Waals surface area contributed by atoms with Gasteiger partial charge in [0.05, 0.1) is 23.8 Å². The van der Waals surface area contributed by atoms with Crippen LogP contribution in [0.5, 0.6) is 0 Å². The number of anilines is 2. The number of carbonyl (C=O) groups is 1. The number of piperazine rings is 2. The average molecular weight is 1060 g/mol. The minimum absolute atomic E-state index is 0.000704. The number of thioether (sulfide) groups is 1. The molecule has 2 atom stereocenters. The molecule has 0 spiro atoms. The summed E-state index contributed by atoms with van der Waals surface area (Å²) in [4.78, 5) is 21.7. The summed E-state index contributed by atoms with van der Waals surface area (Å²) in [5, 5.41) is 7.19. The predicted molar refractivity (Wildman–Crippen MR) is 276 cm³/mol. The normalized spacial score (nSPS) is 20.7. The van der Waals surface area contributed by atoms with Gasteiger partial charge in [0.15, 0.2) is 0 Å². The first-order valence-electron chi connectivity index (χ1n) is 24.2. The van der Waals surface area contributed by atoms with Crippen LogP contribution >= 0.6 is 23.4 Å². The van der Waals surface area contributed by atoms with E-state index in [4.69, 9.17) is 16.3 Å².